The third-order valence-electron chi connectivity index (χ3n) is 1.49. The minimum absolute atomic E-state index is 0.721. The van der Waals surface area contributed by atoms with Crippen LogP contribution in [0.25, 0.3) is 0 Å². The molecule has 0 unspecified atom stereocenters. The predicted octanol–water partition coefficient (Wildman–Crippen LogP) is 0.522. The standard InChI is InChI=1S/C8H7N4/c1-3-11-12(5-1)7-8-2-4-9-10-6-8/h2-6H,7H2. The van der Waals surface area contributed by atoms with Gasteiger partial charge in [-0.05, 0) is 11.6 Å². The van der Waals surface area contributed by atoms with Gasteiger partial charge in [-0.1, -0.05) is 0 Å². The SMILES string of the molecule is [c]1cnn(Cc2ccnnc2)c1. The molecule has 0 aliphatic heterocycles. The Kier molecular flexibility index (Phi) is 1.82. The Hall–Kier alpha value is -1.71. The Bertz CT molecular complexity index is 327. The predicted molar refractivity (Wildman–Crippen MR) is 42.2 cm³/mol. The first kappa shape index (κ1) is 6.97. The van der Waals surface area contributed by atoms with E-state index in [0.29, 0.717) is 0 Å². The summed E-state index contributed by atoms with van der Waals surface area (Å²) in [6, 6.07) is 4.78. The molecule has 4 nitrogen and oxygen atoms in total. The molecule has 0 saturated heterocycles. The molecule has 2 heterocycles. The zero-order chi connectivity index (χ0) is 8.23. The molecule has 1 radical (unpaired) electrons. The van der Waals surface area contributed by atoms with Crippen molar-refractivity contribution >= 4 is 0 Å². The van der Waals surface area contributed by atoms with Crippen molar-refractivity contribution < 1.29 is 0 Å². The zero-order valence-electron chi connectivity index (χ0n) is 6.38. The summed E-state index contributed by atoms with van der Waals surface area (Å²) in [7, 11) is 0. The Balaban J connectivity index is 2.15. The van der Waals surface area contributed by atoms with E-state index in [2.05, 4.69) is 21.4 Å². The molecule has 0 fully saturated rings. The van der Waals surface area contributed by atoms with Crippen LogP contribution in [0.2, 0.25) is 0 Å². The summed E-state index contributed by atoms with van der Waals surface area (Å²) < 4.78 is 1.79. The molecule has 0 aliphatic rings. The van der Waals surface area contributed by atoms with Crippen LogP contribution >= 0.6 is 0 Å². The molecule has 0 atom stereocenters. The van der Waals surface area contributed by atoms with Gasteiger partial charge in [-0.25, -0.2) is 0 Å². The van der Waals surface area contributed by atoms with E-state index in [0.717, 1.165) is 12.1 Å². The van der Waals surface area contributed by atoms with E-state index in [1.165, 1.54) is 0 Å². The van der Waals surface area contributed by atoms with Gasteiger partial charge < -0.3 is 0 Å². The quantitative estimate of drug-likeness (QED) is 0.641. The maximum Gasteiger partial charge on any atom is 0.0675 e. The summed E-state index contributed by atoms with van der Waals surface area (Å²) >= 11 is 0. The Morgan fingerprint density at radius 1 is 1.42 bits per heavy atom. The van der Waals surface area contributed by atoms with E-state index in [-0.39, 0.29) is 0 Å². The van der Waals surface area contributed by atoms with Crippen LogP contribution in [0.5, 0.6) is 0 Å². The monoisotopic (exact) mass is 159 g/mol. The Morgan fingerprint density at radius 3 is 3.08 bits per heavy atom. The maximum atomic E-state index is 4.02. The van der Waals surface area contributed by atoms with Gasteiger partial charge in [0.05, 0.1) is 18.9 Å². The summed E-state index contributed by atoms with van der Waals surface area (Å²) in [6.07, 6.45) is 6.82. The first-order valence-electron chi connectivity index (χ1n) is 3.59. The average molecular weight is 159 g/mol. The molecular formula is C8H7N4. The van der Waals surface area contributed by atoms with Crippen molar-refractivity contribution in [1.82, 2.24) is 20.0 Å². The Morgan fingerprint density at radius 2 is 2.42 bits per heavy atom. The third-order valence-corrected chi connectivity index (χ3v) is 1.49. The topological polar surface area (TPSA) is 43.6 Å². The first-order valence-corrected chi connectivity index (χ1v) is 3.59. The summed E-state index contributed by atoms with van der Waals surface area (Å²) in [5, 5.41) is 11.5. The van der Waals surface area contributed by atoms with Crippen LogP contribution in [-0.2, 0) is 6.54 Å². The van der Waals surface area contributed by atoms with E-state index in [1.54, 1.807) is 29.5 Å². The molecule has 59 valence electrons. The lowest BCUT2D eigenvalue weighted by atomic mass is 10.3. The fourth-order valence-electron chi connectivity index (χ4n) is 0.945. The van der Waals surface area contributed by atoms with Crippen LogP contribution in [0.4, 0.5) is 0 Å². The van der Waals surface area contributed by atoms with E-state index in [4.69, 9.17) is 0 Å². The number of rotatable bonds is 2. The third kappa shape index (κ3) is 1.47. The zero-order valence-corrected chi connectivity index (χ0v) is 6.38. The highest BCUT2D eigenvalue weighted by molar-refractivity contribution is 5.05. The van der Waals surface area contributed by atoms with Crippen molar-refractivity contribution in [3.05, 3.63) is 42.5 Å². The molecule has 0 aliphatic carbocycles. The van der Waals surface area contributed by atoms with Crippen molar-refractivity contribution in [1.29, 1.82) is 0 Å². The van der Waals surface area contributed by atoms with Crippen molar-refractivity contribution in [2.75, 3.05) is 0 Å². The van der Waals surface area contributed by atoms with E-state index >= 15 is 0 Å². The molecule has 2 aromatic rings. The highest BCUT2D eigenvalue weighted by Crippen LogP contribution is 1.96. The van der Waals surface area contributed by atoms with Crippen molar-refractivity contribution in [3.8, 4) is 0 Å². The molecule has 12 heavy (non-hydrogen) atoms. The van der Waals surface area contributed by atoms with Crippen molar-refractivity contribution in [3.63, 3.8) is 0 Å². The lowest BCUT2D eigenvalue weighted by molar-refractivity contribution is 0.682. The molecule has 0 bridgehead atoms. The average Bonchev–Trinajstić information content (AvgIpc) is 2.59. The molecular weight excluding hydrogens is 152 g/mol. The second-order valence-electron chi connectivity index (χ2n) is 2.39. The van der Waals surface area contributed by atoms with Crippen LogP contribution in [0.3, 0.4) is 0 Å². The fraction of sp³-hybridized carbons (Fsp3) is 0.125. The minimum atomic E-state index is 0.721. The molecule has 0 saturated carbocycles. The summed E-state index contributed by atoms with van der Waals surface area (Å²) in [6.45, 7) is 0.721. The highest BCUT2D eigenvalue weighted by atomic mass is 15.3. The van der Waals surface area contributed by atoms with Gasteiger partial charge >= 0.3 is 0 Å². The lowest BCUT2D eigenvalue weighted by Gasteiger charge is -1.98. The molecule has 0 aromatic carbocycles. The molecule has 0 spiro atoms. The fourth-order valence-corrected chi connectivity index (χ4v) is 0.945. The lowest BCUT2D eigenvalue weighted by Crippen LogP contribution is -2.00. The second-order valence-corrected chi connectivity index (χ2v) is 2.39. The van der Waals surface area contributed by atoms with E-state index in [9.17, 15) is 0 Å². The number of aromatic nitrogens is 4. The van der Waals surface area contributed by atoms with Gasteiger partial charge in [0, 0.05) is 18.5 Å². The second kappa shape index (κ2) is 3.13. The molecule has 2 aromatic heterocycles. The van der Waals surface area contributed by atoms with Crippen LogP contribution in [-0.4, -0.2) is 20.0 Å². The normalized spacial score (nSPS) is 10.0. The van der Waals surface area contributed by atoms with Crippen LogP contribution in [0, 0.1) is 6.07 Å². The van der Waals surface area contributed by atoms with Gasteiger partial charge in [-0.3, -0.25) is 4.68 Å². The van der Waals surface area contributed by atoms with Crippen LogP contribution in [0.1, 0.15) is 5.56 Å². The van der Waals surface area contributed by atoms with Crippen molar-refractivity contribution in [2.24, 2.45) is 0 Å². The first-order chi connectivity index (χ1) is 5.95. The number of nitrogens with zero attached hydrogens (tertiary/aromatic N) is 4. The molecule has 0 N–H and O–H groups in total. The van der Waals surface area contributed by atoms with E-state index in [1.807, 2.05) is 6.07 Å². The minimum Gasteiger partial charge on any atom is -0.268 e. The van der Waals surface area contributed by atoms with Gasteiger partial charge in [-0.15, -0.1) is 0 Å². The molecule has 4 heteroatoms. The van der Waals surface area contributed by atoms with Gasteiger partial charge in [0.15, 0.2) is 0 Å². The molecule has 0 amide bonds. The van der Waals surface area contributed by atoms with Gasteiger partial charge in [0.25, 0.3) is 0 Å². The number of hydrogen-bond donors (Lipinski definition) is 0. The van der Waals surface area contributed by atoms with E-state index < -0.39 is 0 Å². The van der Waals surface area contributed by atoms with Crippen LogP contribution < -0.4 is 0 Å². The Labute approximate surface area is 69.9 Å². The smallest absolute Gasteiger partial charge is 0.0675 e. The summed E-state index contributed by atoms with van der Waals surface area (Å²) in [4.78, 5) is 0. The molecule has 2 rings (SSSR count). The van der Waals surface area contributed by atoms with Crippen molar-refractivity contribution in [2.45, 2.75) is 6.54 Å². The van der Waals surface area contributed by atoms with Gasteiger partial charge in [0.1, 0.15) is 0 Å². The maximum absolute atomic E-state index is 4.02. The largest absolute Gasteiger partial charge is 0.268 e. The highest BCUT2D eigenvalue weighted by Gasteiger charge is 1.93. The summed E-state index contributed by atoms with van der Waals surface area (Å²) in [5.41, 5.74) is 1.09. The van der Waals surface area contributed by atoms with Gasteiger partial charge in [-0.2, -0.15) is 15.3 Å². The number of hydrogen-bond acceptors (Lipinski definition) is 3. The van der Waals surface area contributed by atoms with Gasteiger partial charge in [0.2, 0.25) is 0 Å². The van der Waals surface area contributed by atoms with Crippen LogP contribution in [0.15, 0.2) is 30.9 Å². The summed E-state index contributed by atoms with van der Waals surface area (Å²) in [5.74, 6) is 0.